The molecule has 0 heterocycles. The molecular formula is C6H7O3. The zero-order chi connectivity index (χ0) is 7.28. The lowest BCUT2D eigenvalue weighted by molar-refractivity contribution is -0.139. The molecule has 1 atom stereocenters. The van der Waals surface area contributed by atoms with E-state index in [1.165, 1.54) is 13.2 Å². The van der Waals surface area contributed by atoms with Crippen LogP contribution in [0, 0.1) is 0 Å². The summed E-state index contributed by atoms with van der Waals surface area (Å²) in [7, 11) is 0. The van der Waals surface area contributed by atoms with Gasteiger partial charge in [-0.15, -0.1) is 0 Å². The van der Waals surface area contributed by atoms with E-state index in [2.05, 4.69) is 11.3 Å². The lowest BCUT2D eigenvalue weighted by atomic mass is 10.4. The second kappa shape index (κ2) is 3.83. The van der Waals surface area contributed by atoms with E-state index in [0.29, 0.717) is 0 Å². The largest absolute Gasteiger partial charge is 0.451 e. The van der Waals surface area contributed by atoms with Crippen LogP contribution in [-0.2, 0) is 14.3 Å². The summed E-state index contributed by atoms with van der Waals surface area (Å²) >= 11 is 0. The van der Waals surface area contributed by atoms with Crippen LogP contribution in [0.2, 0.25) is 0 Å². The topological polar surface area (TPSA) is 43.4 Å². The van der Waals surface area contributed by atoms with Crippen LogP contribution >= 0.6 is 0 Å². The molecule has 0 aliphatic rings. The van der Waals surface area contributed by atoms with Gasteiger partial charge in [0.25, 0.3) is 0 Å². The fourth-order valence-corrected chi connectivity index (χ4v) is 0.246. The van der Waals surface area contributed by atoms with Gasteiger partial charge in [-0.3, -0.25) is 4.79 Å². The Labute approximate surface area is 53.3 Å². The van der Waals surface area contributed by atoms with Crippen molar-refractivity contribution in [2.75, 3.05) is 0 Å². The SMILES string of the molecule is C=CC(=O)OC(C)[C]=O. The van der Waals surface area contributed by atoms with E-state index in [0.717, 1.165) is 6.08 Å². The molecule has 0 aliphatic heterocycles. The first-order valence-electron chi connectivity index (χ1n) is 2.41. The van der Waals surface area contributed by atoms with Gasteiger partial charge < -0.3 is 4.74 Å². The van der Waals surface area contributed by atoms with Crippen LogP contribution in [0.5, 0.6) is 0 Å². The second-order valence-electron chi connectivity index (χ2n) is 1.40. The Morgan fingerprint density at radius 1 is 1.89 bits per heavy atom. The van der Waals surface area contributed by atoms with Crippen LogP contribution in [0.1, 0.15) is 6.92 Å². The fraction of sp³-hybridized carbons (Fsp3) is 0.333. The normalized spacial score (nSPS) is 11.7. The van der Waals surface area contributed by atoms with Gasteiger partial charge in [0, 0.05) is 6.08 Å². The molecule has 0 aromatic heterocycles. The molecule has 9 heavy (non-hydrogen) atoms. The van der Waals surface area contributed by atoms with Crippen molar-refractivity contribution in [3.8, 4) is 0 Å². The van der Waals surface area contributed by atoms with Gasteiger partial charge in [0.1, 0.15) is 0 Å². The highest BCUT2D eigenvalue weighted by atomic mass is 16.5. The lowest BCUT2D eigenvalue weighted by Crippen LogP contribution is -2.13. The van der Waals surface area contributed by atoms with Crippen molar-refractivity contribution >= 4 is 12.3 Å². The number of rotatable bonds is 3. The van der Waals surface area contributed by atoms with Crippen molar-refractivity contribution in [3.63, 3.8) is 0 Å². The van der Waals surface area contributed by atoms with Crippen LogP contribution in [0.3, 0.4) is 0 Å². The minimum atomic E-state index is -0.796. The van der Waals surface area contributed by atoms with E-state index < -0.39 is 12.1 Å². The van der Waals surface area contributed by atoms with E-state index in [1.54, 1.807) is 0 Å². The minimum Gasteiger partial charge on any atom is -0.451 e. The summed E-state index contributed by atoms with van der Waals surface area (Å²) in [5.41, 5.74) is 0. The Kier molecular flexibility index (Phi) is 3.35. The summed E-state index contributed by atoms with van der Waals surface area (Å²) in [6.45, 7) is 4.57. The van der Waals surface area contributed by atoms with Crippen molar-refractivity contribution in [3.05, 3.63) is 12.7 Å². The van der Waals surface area contributed by atoms with Crippen LogP contribution < -0.4 is 0 Å². The molecule has 0 saturated heterocycles. The number of hydrogen-bond donors (Lipinski definition) is 0. The number of carbonyl (C=O) groups excluding carboxylic acids is 2. The Balaban J connectivity index is 3.58. The van der Waals surface area contributed by atoms with Crippen LogP contribution in [-0.4, -0.2) is 18.4 Å². The highest BCUT2D eigenvalue weighted by molar-refractivity contribution is 5.82. The summed E-state index contributed by atoms with van der Waals surface area (Å²) in [4.78, 5) is 20.0. The summed E-state index contributed by atoms with van der Waals surface area (Å²) in [6.07, 6.45) is 1.69. The first kappa shape index (κ1) is 7.88. The van der Waals surface area contributed by atoms with Gasteiger partial charge in [-0.25, -0.2) is 4.79 Å². The molecule has 3 heteroatoms. The van der Waals surface area contributed by atoms with E-state index in [4.69, 9.17) is 0 Å². The molecule has 0 rings (SSSR count). The van der Waals surface area contributed by atoms with E-state index >= 15 is 0 Å². The third-order valence-corrected chi connectivity index (χ3v) is 0.626. The molecule has 1 radical (unpaired) electrons. The Morgan fingerprint density at radius 3 is 2.78 bits per heavy atom. The molecule has 0 aliphatic carbocycles. The number of ether oxygens (including phenoxy) is 1. The minimum absolute atomic E-state index is 0.606. The Hall–Kier alpha value is -1.12. The zero-order valence-corrected chi connectivity index (χ0v) is 5.09. The Morgan fingerprint density at radius 2 is 2.44 bits per heavy atom. The molecule has 0 aromatic carbocycles. The van der Waals surface area contributed by atoms with Crippen LogP contribution in [0.15, 0.2) is 12.7 Å². The molecule has 1 unspecified atom stereocenters. The summed E-state index contributed by atoms with van der Waals surface area (Å²) in [6, 6.07) is 0. The molecule has 0 amide bonds. The average molecular weight is 127 g/mol. The van der Waals surface area contributed by atoms with Gasteiger partial charge in [-0.05, 0) is 6.92 Å². The van der Waals surface area contributed by atoms with Gasteiger partial charge in [0.2, 0.25) is 6.29 Å². The molecule has 0 spiro atoms. The van der Waals surface area contributed by atoms with Gasteiger partial charge >= 0.3 is 5.97 Å². The average Bonchev–Trinajstić information content (AvgIpc) is 1.87. The van der Waals surface area contributed by atoms with E-state index in [1.807, 2.05) is 0 Å². The zero-order valence-electron chi connectivity index (χ0n) is 5.09. The molecular weight excluding hydrogens is 120 g/mol. The summed E-state index contributed by atoms with van der Waals surface area (Å²) in [5, 5.41) is 0. The Bertz CT molecular complexity index is 128. The summed E-state index contributed by atoms with van der Waals surface area (Å²) < 4.78 is 4.37. The molecule has 0 saturated carbocycles. The third-order valence-electron chi connectivity index (χ3n) is 0.626. The third kappa shape index (κ3) is 3.46. The number of carbonyl (C=O) groups is 1. The van der Waals surface area contributed by atoms with Crippen molar-refractivity contribution in [1.82, 2.24) is 0 Å². The second-order valence-corrected chi connectivity index (χ2v) is 1.40. The molecule has 0 bridgehead atoms. The van der Waals surface area contributed by atoms with Gasteiger partial charge in [-0.2, -0.15) is 0 Å². The number of esters is 1. The molecule has 49 valence electrons. The van der Waals surface area contributed by atoms with Crippen molar-refractivity contribution in [2.45, 2.75) is 13.0 Å². The standard InChI is InChI=1S/C6H7O3/c1-3-6(8)9-5(2)4-7/h3,5H,1H2,2H3. The first-order chi connectivity index (χ1) is 4.20. The quantitative estimate of drug-likeness (QED) is 0.402. The van der Waals surface area contributed by atoms with Gasteiger partial charge in [0.15, 0.2) is 6.10 Å². The molecule has 0 aromatic rings. The number of hydrogen-bond acceptors (Lipinski definition) is 3. The summed E-state index contributed by atoms with van der Waals surface area (Å²) in [5.74, 6) is -0.606. The maximum Gasteiger partial charge on any atom is 0.330 e. The fourth-order valence-electron chi connectivity index (χ4n) is 0.246. The van der Waals surface area contributed by atoms with E-state index in [9.17, 15) is 9.59 Å². The van der Waals surface area contributed by atoms with Crippen LogP contribution in [0.4, 0.5) is 0 Å². The smallest absolute Gasteiger partial charge is 0.330 e. The molecule has 3 nitrogen and oxygen atoms in total. The maximum atomic E-state index is 10.3. The highest BCUT2D eigenvalue weighted by Gasteiger charge is 2.03. The van der Waals surface area contributed by atoms with Crippen LogP contribution in [0.25, 0.3) is 0 Å². The van der Waals surface area contributed by atoms with Crippen molar-refractivity contribution < 1.29 is 14.3 Å². The van der Waals surface area contributed by atoms with Crippen molar-refractivity contribution in [2.24, 2.45) is 0 Å². The van der Waals surface area contributed by atoms with E-state index in [-0.39, 0.29) is 0 Å². The van der Waals surface area contributed by atoms with Gasteiger partial charge in [-0.1, -0.05) is 6.58 Å². The molecule has 0 fully saturated rings. The molecule has 0 N–H and O–H groups in total. The van der Waals surface area contributed by atoms with Crippen molar-refractivity contribution in [1.29, 1.82) is 0 Å². The highest BCUT2D eigenvalue weighted by Crippen LogP contribution is 1.86. The predicted octanol–water partition coefficient (Wildman–Crippen LogP) is 0.214. The lowest BCUT2D eigenvalue weighted by Gasteiger charge is -2.00. The monoisotopic (exact) mass is 127 g/mol. The first-order valence-corrected chi connectivity index (χ1v) is 2.41. The van der Waals surface area contributed by atoms with Gasteiger partial charge in [0.05, 0.1) is 0 Å². The maximum absolute atomic E-state index is 10.3. The predicted molar refractivity (Wildman–Crippen MR) is 31.4 cm³/mol.